The predicted molar refractivity (Wildman–Crippen MR) is 83.5 cm³/mol. The van der Waals surface area contributed by atoms with Crippen molar-refractivity contribution in [3.63, 3.8) is 0 Å². The van der Waals surface area contributed by atoms with E-state index in [0.29, 0.717) is 36.3 Å². The van der Waals surface area contributed by atoms with Gasteiger partial charge in [0.25, 0.3) is 5.56 Å². The molecule has 0 saturated carbocycles. The van der Waals surface area contributed by atoms with E-state index in [9.17, 15) is 4.79 Å². The van der Waals surface area contributed by atoms with Crippen LogP contribution in [0.15, 0.2) is 29.6 Å². The lowest BCUT2D eigenvalue weighted by atomic mass is 10.4. The predicted octanol–water partition coefficient (Wildman–Crippen LogP) is 0.253. The smallest absolute Gasteiger partial charge is 0.295 e. The van der Waals surface area contributed by atoms with Crippen LogP contribution in [0.1, 0.15) is 12.7 Å². The van der Waals surface area contributed by atoms with Crippen molar-refractivity contribution >= 4 is 11.5 Å². The first-order chi connectivity index (χ1) is 11.1. The zero-order chi connectivity index (χ0) is 16.4. The van der Waals surface area contributed by atoms with Crippen molar-refractivity contribution in [3.8, 4) is 5.88 Å². The van der Waals surface area contributed by atoms with Crippen LogP contribution in [0.4, 0.5) is 5.82 Å². The molecule has 0 aliphatic rings. The van der Waals surface area contributed by atoms with E-state index in [1.54, 1.807) is 29.9 Å². The third-order valence-electron chi connectivity index (χ3n) is 3.41. The fraction of sp³-hybridized carbons (Fsp3) is 0.357. The molecule has 23 heavy (non-hydrogen) atoms. The van der Waals surface area contributed by atoms with Gasteiger partial charge in [0.1, 0.15) is 12.1 Å². The maximum absolute atomic E-state index is 12.0. The van der Waals surface area contributed by atoms with E-state index in [1.807, 2.05) is 18.9 Å². The number of aromatic nitrogens is 6. The lowest BCUT2D eigenvalue weighted by molar-refractivity contribution is 0.326. The standard InChI is InChI=1S/C14H17N7O2/c1-4-23-12-7-10(15-9-16-12)20(3)8-11-17-18-13-14(22)19(2)5-6-21(11)13/h5-7,9H,4,8H2,1-3H3. The number of hydrogen-bond acceptors (Lipinski definition) is 7. The van der Waals surface area contributed by atoms with Crippen molar-refractivity contribution in [1.29, 1.82) is 0 Å². The molecule has 0 aliphatic heterocycles. The van der Waals surface area contributed by atoms with Gasteiger partial charge in [-0.15, -0.1) is 10.2 Å². The Hall–Kier alpha value is -2.97. The Morgan fingerprint density at radius 3 is 2.87 bits per heavy atom. The van der Waals surface area contributed by atoms with Crippen LogP contribution in [-0.4, -0.2) is 42.8 Å². The molecule has 0 radical (unpaired) electrons. The molecule has 0 N–H and O–H groups in total. The minimum absolute atomic E-state index is 0.186. The van der Waals surface area contributed by atoms with E-state index in [2.05, 4.69) is 20.2 Å². The van der Waals surface area contributed by atoms with Crippen molar-refractivity contribution in [2.75, 3.05) is 18.6 Å². The molecule has 3 aromatic rings. The van der Waals surface area contributed by atoms with Crippen LogP contribution in [0.5, 0.6) is 5.88 Å². The Labute approximate surface area is 132 Å². The van der Waals surface area contributed by atoms with E-state index < -0.39 is 0 Å². The summed E-state index contributed by atoms with van der Waals surface area (Å²) in [6.07, 6.45) is 4.90. The van der Waals surface area contributed by atoms with Crippen LogP contribution in [0.2, 0.25) is 0 Å². The first-order valence-electron chi connectivity index (χ1n) is 7.15. The first kappa shape index (κ1) is 14.9. The number of fused-ring (bicyclic) bond motifs is 1. The van der Waals surface area contributed by atoms with Crippen molar-refractivity contribution in [2.24, 2.45) is 7.05 Å². The molecule has 0 saturated heterocycles. The molecule has 0 aromatic carbocycles. The molecule has 3 heterocycles. The molecule has 3 rings (SSSR count). The van der Waals surface area contributed by atoms with Gasteiger partial charge in [0.15, 0.2) is 5.82 Å². The summed E-state index contributed by atoms with van der Waals surface area (Å²) in [6, 6.07) is 1.76. The summed E-state index contributed by atoms with van der Waals surface area (Å²) in [5.74, 6) is 1.87. The second kappa shape index (κ2) is 6.03. The van der Waals surface area contributed by atoms with E-state index in [0.717, 1.165) is 0 Å². The Morgan fingerprint density at radius 1 is 1.26 bits per heavy atom. The van der Waals surface area contributed by atoms with Gasteiger partial charge in [-0.05, 0) is 6.92 Å². The summed E-state index contributed by atoms with van der Waals surface area (Å²) in [5, 5.41) is 8.07. The zero-order valence-corrected chi connectivity index (χ0v) is 13.2. The highest BCUT2D eigenvalue weighted by molar-refractivity contribution is 5.41. The van der Waals surface area contributed by atoms with Crippen molar-refractivity contribution in [3.05, 3.63) is 41.0 Å². The van der Waals surface area contributed by atoms with E-state index in [1.165, 1.54) is 10.9 Å². The third kappa shape index (κ3) is 2.85. The third-order valence-corrected chi connectivity index (χ3v) is 3.41. The molecule has 3 aromatic heterocycles. The van der Waals surface area contributed by atoms with E-state index in [-0.39, 0.29) is 5.56 Å². The molecule has 0 fully saturated rings. The average molecular weight is 315 g/mol. The molecular weight excluding hydrogens is 298 g/mol. The molecule has 0 bridgehead atoms. The summed E-state index contributed by atoms with van der Waals surface area (Å²) < 4.78 is 8.53. The van der Waals surface area contributed by atoms with Crippen LogP contribution >= 0.6 is 0 Å². The quantitative estimate of drug-likeness (QED) is 0.666. The fourth-order valence-corrected chi connectivity index (χ4v) is 2.18. The molecule has 9 heteroatoms. The Morgan fingerprint density at radius 2 is 2.09 bits per heavy atom. The van der Waals surface area contributed by atoms with E-state index in [4.69, 9.17) is 4.74 Å². The highest BCUT2D eigenvalue weighted by Gasteiger charge is 2.13. The first-order valence-corrected chi connectivity index (χ1v) is 7.15. The Bertz CT molecular complexity index is 886. The van der Waals surface area contributed by atoms with Gasteiger partial charge >= 0.3 is 0 Å². The SMILES string of the molecule is CCOc1cc(N(C)Cc2nnc3c(=O)n(C)ccn23)ncn1. The number of aryl methyl sites for hydroxylation is 1. The molecular formula is C14H17N7O2. The molecule has 0 unspecified atom stereocenters. The molecule has 120 valence electrons. The number of anilines is 1. The summed E-state index contributed by atoms with van der Waals surface area (Å²) in [6.45, 7) is 2.88. The molecule has 0 aliphatic carbocycles. The number of rotatable bonds is 5. The topological polar surface area (TPSA) is 90.4 Å². The van der Waals surface area contributed by atoms with Gasteiger partial charge in [-0.3, -0.25) is 9.20 Å². The lowest BCUT2D eigenvalue weighted by Gasteiger charge is -2.17. The average Bonchev–Trinajstić information content (AvgIpc) is 2.95. The van der Waals surface area contributed by atoms with Crippen molar-refractivity contribution < 1.29 is 4.74 Å². The van der Waals surface area contributed by atoms with Gasteiger partial charge in [-0.25, -0.2) is 9.97 Å². The summed E-state index contributed by atoms with van der Waals surface area (Å²) in [4.78, 5) is 22.2. The zero-order valence-electron chi connectivity index (χ0n) is 13.2. The minimum atomic E-state index is -0.186. The van der Waals surface area contributed by atoms with Crippen molar-refractivity contribution in [2.45, 2.75) is 13.5 Å². The summed E-state index contributed by atoms with van der Waals surface area (Å²) in [7, 11) is 3.55. The van der Waals surface area contributed by atoms with Crippen LogP contribution in [0.25, 0.3) is 5.65 Å². The van der Waals surface area contributed by atoms with Gasteiger partial charge in [-0.1, -0.05) is 0 Å². The second-order valence-electron chi connectivity index (χ2n) is 5.03. The van der Waals surface area contributed by atoms with Crippen LogP contribution in [0, 0.1) is 0 Å². The van der Waals surface area contributed by atoms with E-state index >= 15 is 0 Å². The van der Waals surface area contributed by atoms with Gasteiger partial charge in [0.2, 0.25) is 11.5 Å². The Kier molecular flexibility index (Phi) is 3.92. The van der Waals surface area contributed by atoms with Crippen molar-refractivity contribution in [1.82, 2.24) is 29.1 Å². The van der Waals surface area contributed by atoms with Gasteiger partial charge in [0.05, 0.1) is 13.2 Å². The van der Waals surface area contributed by atoms with Gasteiger partial charge in [-0.2, -0.15) is 0 Å². The maximum atomic E-state index is 12.0. The number of nitrogens with zero attached hydrogens (tertiary/aromatic N) is 7. The van der Waals surface area contributed by atoms with Crippen LogP contribution in [0.3, 0.4) is 0 Å². The van der Waals surface area contributed by atoms with Gasteiger partial charge in [0, 0.05) is 32.6 Å². The molecule has 9 nitrogen and oxygen atoms in total. The summed E-state index contributed by atoms with van der Waals surface area (Å²) >= 11 is 0. The highest BCUT2D eigenvalue weighted by atomic mass is 16.5. The normalized spacial score (nSPS) is 10.9. The maximum Gasteiger partial charge on any atom is 0.295 e. The molecule has 0 atom stereocenters. The second-order valence-corrected chi connectivity index (χ2v) is 5.03. The largest absolute Gasteiger partial charge is 0.478 e. The molecule has 0 amide bonds. The minimum Gasteiger partial charge on any atom is -0.478 e. The monoisotopic (exact) mass is 315 g/mol. The fourth-order valence-electron chi connectivity index (χ4n) is 2.18. The van der Waals surface area contributed by atoms with Gasteiger partial charge < -0.3 is 14.2 Å². The van der Waals surface area contributed by atoms with Crippen LogP contribution < -0.4 is 15.2 Å². The highest BCUT2D eigenvalue weighted by Crippen LogP contribution is 2.16. The number of ether oxygens (including phenoxy) is 1. The summed E-state index contributed by atoms with van der Waals surface area (Å²) in [5.41, 5.74) is 0.116. The lowest BCUT2D eigenvalue weighted by Crippen LogP contribution is -2.21. The Balaban J connectivity index is 1.88. The molecule has 0 spiro atoms. The number of hydrogen-bond donors (Lipinski definition) is 0. The van der Waals surface area contributed by atoms with Crippen LogP contribution in [-0.2, 0) is 13.6 Å².